The Hall–Kier alpha value is -1.57. The highest BCUT2D eigenvalue weighted by Crippen LogP contribution is 2.32. The third-order valence-corrected chi connectivity index (χ3v) is 8.20. The number of aromatic nitrogens is 1. The van der Waals surface area contributed by atoms with Crippen LogP contribution in [0.1, 0.15) is 84.3 Å². The van der Waals surface area contributed by atoms with Gasteiger partial charge in [0.15, 0.2) is 0 Å². The molecule has 1 aromatic heterocycles. The topological polar surface area (TPSA) is 96.7 Å². The average Bonchev–Trinajstić information content (AvgIpc) is 3.18. The molecule has 192 valence electrons. The van der Waals surface area contributed by atoms with Crippen molar-refractivity contribution in [1.82, 2.24) is 4.98 Å². The number of aliphatic hydroxyl groups is 2. The Kier molecular flexibility index (Phi) is 10.5. The summed E-state index contributed by atoms with van der Waals surface area (Å²) in [5.74, 6) is -1.37. The van der Waals surface area contributed by atoms with Gasteiger partial charge < -0.3 is 14.9 Å². The first kappa shape index (κ1) is 28.7. The van der Waals surface area contributed by atoms with Crippen molar-refractivity contribution in [2.45, 2.75) is 105 Å². The summed E-state index contributed by atoms with van der Waals surface area (Å²) < 4.78 is 5.88. The summed E-state index contributed by atoms with van der Waals surface area (Å²) in [5.41, 5.74) is 1.04. The second-order valence-corrected chi connectivity index (χ2v) is 11.9. The SMILES string of the molecule is CC1=CCC(C(C)Cc2csc(C)n2)OC(=O)CC(O)C(C)(C)C(=O)C(C)C(O)C(C)CCC1. The van der Waals surface area contributed by atoms with Gasteiger partial charge in [-0.15, -0.1) is 11.3 Å². The minimum Gasteiger partial charge on any atom is -0.462 e. The second-order valence-electron chi connectivity index (χ2n) is 10.8. The van der Waals surface area contributed by atoms with Gasteiger partial charge in [0.25, 0.3) is 0 Å². The minimum atomic E-state index is -1.19. The van der Waals surface area contributed by atoms with Gasteiger partial charge in [0.2, 0.25) is 0 Å². The minimum absolute atomic E-state index is 0.0353. The predicted molar refractivity (Wildman–Crippen MR) is 136 cm³/mol. The fraction of sp³-hybridized carbons (Fsp3) is 0.741. The zero-order valence-corrected chi connectivity index (χ0v) is 22.7. The number of nitrogens with zero attached hydrogens (tertiary/aromatic N) is 1. The molecule has 6 unspecified atom stereocenters. The van der Waals surface area contributed by atoms with E-state index in [0.717, 1.165) is 30.0 Å². The molecule has 0 bridgehead atoms. The lowest BCUT2D eigenvalue weighted by atomic mass is 9.73. The smallest absolute Gasteiger partial charge is 0.308 e. The van der Waals surface area contributed by atoms with Crippen LogP contribution in [0.2, 0.25) is 0 Å². The summed E-state index contributed by atoms with van der Waals surface area (Å²) in [6.45, 7) is 13.1. The molecule has 7 heteroatoms. The Morgan fingerprint density at radius 1 is 1.24 bits per heavy atom. The number of hydrogen-bond acceptors (Lipinski definition) is 7. The maximum atomic E-state index is 13.2. The van der Waals surface area contributed by atoms with Crippen molar-refractivity contribution < 1.29 is 24.5 Å². The first-order chi connectivity index (χ1) is 15.8. The van der Waals surface area contributed by atoms with Crippen molar-refractivity contribution in [3.05, 3.63) is 27.7 Å². The molecule has 1 aromatic rings. The van der Waals surface area contributed by atoms with E-state index in [9.17, 15) is 19.8 Å². The van der Waals surface area contributed by atoms with E-state index in [1.165, 1.54) is 5.57 Å². The monoisotopic (exact) mass is 493 g/mol. The van der Waals surface area contributed by atoms with Gasteiger partial charge in [-0.05, 0) is 51.4 Å². The number of ether oxygens (including phenoxy) is 1. The molecule has 1 aliphatic rings. The molecule has 0 saturated heterocycles. The number of aliphatic hydroxyl groups excluding tert-OH is 2. The Balaban J connectivity index is 2.26. The van der Waals surface area contributed by atoms with Crippen LogP contribution in [0.4, 0.5) is 0 Å². The number of aryl methyl sites for hydroxylation is 1. The van der Waals surface area contributed by atoms with E-state index in [0.29, 0.717) is 12.8 Å². The molecule has 2 rings (SSSR count). The number of carbonyl (C=O) groups is 2. The number of carbonyl (C=O) groups excluding carboxylic acids is 2. The molecule has 0 fully saturated rings. The van der Waals surface area contributed by atoms with E-state index >= 15 is 0 Å². The van der Waals surface area contributed by atoms with E-state index in [-0.39, 0.29) is 30.1 Å². The van der Waals surface area contributed by atoms with Crippen molar-refractivity contribution in [2.24, 2.45) is 23.2 Å². The maximum absolute atomic E-state index is 13.2. The van der Waals surface area contributed by atoms with Gasteiger partial charge in [0.1, 0.15) is 11.9 Å². The number of allylic oxidation sites excluding steroid dienone is 1. The van der Waals surface area contributed by atoms with Crippen LogP contribution < -0.4 is 0 Å². The predicted octanol–water partition coefficient (Wildman–Crippen LogP) is 5.04. The third kappa shape index (κ3) is 7.72. The first-order valence-electron chi connectivity index (χ1n) is 12.5. The molecular formula is C27H43NO5S. The quantitative estimate of drug-likeness (QED) is 0.452. The molecule has 6 nitrogen and oxygen atoms in total. The van der Waals surface area contributed by atoms with Gasteiger partial charge in [-0.2, -0.15) is 0 Å². The number of esters is 1. The van der Waals surface area contributed by atoms with E-state index < -0.39 is 29.5 Å². The van der Waals surface area contributed by atoms with Gasteiger partial charge in [-0.1, -0.05) is 46.3 Å². The fourth-order valence-corrected chi connectivity index (χ4v) is 5.31. The highest BCUT2D eigenvalue weighted by atomic mass is 32.1. The van der Waals surface area contributed by atoms with Gasteiger partial charge in [0.05, 0.1) is 34.7 Å². The fourth-order valence-electron chi connectivity index (χ4n) is 4.68. The van der Waals surface area contributed by atoms with E-state index in [1.807, 2.05) is 19.2 Å². The summed E-state index contributed by atoms with van der Waals surface area (Å²) in [6.07, 6.45) is 3.45. The van der Waals surface area contributed by atoms with Gasteiger partial charge in [-0.3, -0.25) is 9.59 Å². The number of thiazole rings is 1. The summed E-state index contributed by atoms with van der Waals surface area (Å²) in [4.78, 5) is 30.6. The standard InChI is InChI=1S/C27H43NO5S/c1-16-9-8-10-17(2)25(31)19(4)26(32)27(6,7)23(29)14-24(30)33-22(12-11-16)18(3)13-21-15-34-20(5)28-21/h11,15,17-19,22-23,25,29,31H,8-10,12-14H2,1-7H3. The largest absolute Gasteiger partial charge is 0.462 e. The van der Waals surface area contributed by atoms with E-state index in [4.69, 9.17) is 4.74 Å². The summed E-state index contributed by atoms with van der Waals surface area (Å²) in [6, 6.07) is 0. The number of ketones is 1. The van der Waals surface area contributed by atoms with Crippen molar-refractivity contribution in [2.75, 3.05) is 0 Å². The first-order valence-corrected chi connectivity index (χ1v) is 13.4. The third-order valence-electron chi connectivity index (χ3n) is 7.38. The van der Waals surface area contributed by atoms with Gasteiger partial charge >= 0.3 is 5.97 Å². The number of cyclic esters (lactones) is 1. The summed E-state index contributed by atoms with van der Waals surface area (Å²) in [5, 5.41) is 24.7. The molecule has 2 N–H and O–H groups in total. The number of hydrogen-bond donors (Lipinski definition) is 2. The lowest BCUT2D eigenvalue weighted by molar-refractivity contribution is -0.157. The van der Waals surface area contributed by atoms with Crippen LogP contribution >= 0.6 is 11.3 Å². The molecule has 0 aromatic carbocycles. The molecule has 2 heterocycles. The van der Waals surface area contributed by atoms with E-state index in [2.05, 4.69) is 24.9 Å². The Morgan fingerprint density at radius 3 is 2.53 bits per heavy atom. The summed E-state index contributed by atoms with van der Waals surface area (Å²) in [7, 11) is 0. The van der Waals surface area contributed by atoms with Gasteiger partial charge in [-0.25, -0.2) is 4.98 Å². The van der Waals surface area contributed by atoms with Crippen molar-refractivity contribution in [1.29, 1.82) is 0 Å². The molecule has 0 spiro atoms. The molecular weight excluding hydrogens is 450 g/mol. The number of Topliss-reactive ketones (excluding diaryl/α,β-unsaturated/α-hetero) is 1. The molecule has 0 aliphatic carbocycles. The lowest BCUT2D eigenvalue weighted by Crippen LogP contribution is -2.45. The lowest BCUT2D eigenvalue weighted by Gasteiger charge is -2.34. The molecule has 34 heavy (non-hydrogen) atoms. The Morgan fingerprint density at radius 2 is 1.91 bits per heavy atom. The van der Waals surface area contributed by atoms with Crippen molar-refractivity contribution >= 4 is 23.1 Å². The molecule has 0 radical (unpaired) electrons. The highest BCUT2D eigenvalue weighted by molar-refractivity contribution is 7.09. The molecule has 6 atom stereocenters. The van der Waals surface area contributed by atoms with Crippen molar-refractivity contribution in [3.8, 4) is 0 Å². The van der Waals surface area contributed by atoms with Crippen LogP contribution in [0.3, 0.4) is 0 Å². The zero-order chi connectivity index (χ0) is 25.6. The molecule has 1 aliphatic heterocycles. The van der Waals surface area contributed by atoms with Crippen LogP contribution in [-0.2, 0) is 20.7 Å². The Labute approximate surface area is 208 Å². The van der Waals surface area contributed by atoms with E-state index in [1.54, 1.807) is 32.1 Å². The van der Waals surface area contributed by atoms with Crippen LogP contribution in [0.15, 0.2) is 17.0 Å². The maximum Gasteiger partial charge on any atom is 0.308 e. The Bertz CT molecular complexity index is 861. The molecule has 0 amide bonds. The van der Waals surface area contributed by atoms with Crippen molar-refractivity contribution in [3.63, 3.8) is 0 Å². The normalized spacial score (nSPS) is 31.0. The van der Waals surface area contributed by atoms with Gasteiger partial charge in [0, 0.05) is 17.7 Å². The average molecular weight is 494 g/mol. The second kappa shape index (κ2) is 12.4. The van der Waals surface area contributed by atoms with Crippen LogP contribution in [0.25, 0.3) is 0 Å². The number of rotatable bonds is 3. The van der Waals surface area contributed by atoms with Crippen LogP contribution in [-0.4, -0.2) is 45.3 Å². The van der Waals surface area contributed by atoms with Crippen LogP contribution in [0.5, 0.6) is 0 Å². The van der Waals surface area contributed by atoms with Crippen LogP contribution in [0, 0.1) is 30.1 Å². The molecule has 0 saturated carbocycles. The highest BCUT2D eigenvalue weighted by Gasteiger charge is 2.42. The zero-order valence-electron chi connectivity index (χ0n) is 21.8. The summed E-state index contributed by atoms with van der Waals surface area (Å²) >= 11 is 1.61.